The molecule has 1 saturated heterocycles. The Kier molecular flexibility index (Phi) is 5.81. The molecule has 0 atom stereocenters. The van der Waals surface area contributed by atoms with E-state index in [4.69, 9.17) is 4.74 Å². The number of carbonyl (C=O) groups is 2. The van der Waals surface area contributed by atoms with Crippen molar-refractivity contribution in [3.63, 3.8) is 0 Å². The van der Waals surface area contributed by atoms with Gasteiger partial charge in [-0.05, 0) is 43.9 Å². The topological polar surface area (TPSA) is 58.6 Å². The van der Waals surface area contributed by atoms with Gasteiger partial charge in [-0.2, -0.15) is 0 Å². The Morgan fingerprint density at radius 2 is 2.14 bits per heavy atom. The van der Waals surface area contributed by atoms with Gasteiger partial charge in [-0.3, -0.25) is 9.59 Å². The minimum absolute atomic E-state index is 0.0570. The van der Waals surface area contributed by atoms with Gasteiger partial charge in [0, 0.05) is 19.5 Å². The predicted molar refractivity (Wildman–Crippen MR) is 84.9 cm³/mol. The van der Waals surface area contributed by atoms with Crippen molar-refractivity contribution in [1.82, 2.24) is 10.2 Å². The van der Waals surface area contributed by atoms with Crippen LogP contribution in [-0.4, -0.2) is 43.0 Å². The fourth-order valence-corrected chi connectivity index (χ4v) is 2.43. The van der Waals surface area contributed by atoms with Crippen LogP contribution in [0.1, 0.15) is 30.4 Å². The van der Waals surface area contributed by atoms with E-state index in [-0.39, 0.29) is 18.4 Å². The minimum atomic E-state index is -0.0714. The second-order valence-electron chi connectivity index (χ2n) is 5.74. The second kappa shape index (κ2) is 7.82. The van der Waals surface area contributed by atoms with Gasteiger partial charge in [0.1, 0.15) is 5.75 Å². The summed E-state index contributed by atoms with van der Waals surface area (Å²) in [5.74, 6) is 0.901. The third kappa shape index (κ3) is 4.76. The van der Waals surface area contributed by atoms with Crippen molar-refractivity contribution in [3.05, 3.63) is 29.3 Å². The monoisotopic (exact) mass is 304 g/mol. The number of hydrogen-bond acceptors (Lipinski definition) is 3. The zero-order chi connectivity index (χ0) is 15.9. The molecule has 1 aliphatic rings. The summed E-state index contributed by atoms with van der Waals surface area (Å²) >= 11 is 0. The Hall–Kier alpha value is -2.04. The van der Waals surface area contributed by atoms with Gasteiger partial charge < -0.3 is 15.0 Å². The Labute approximate surface area is 131 Å². The molecule has 120 valence electrons. The van der Waals surface area contributed by atoms with Gasteiger partial charge in [0.25, 0.3) is 0 Å². The summed E-state index contributed by atoms with van der Waals surface area (Å²) in [6.45, 7) is 6.04. The van der Waals surface area contributed by atoms with Gasteiger partial charge >= 0.3 is 0 Å². The minimum Gasteiger partial charge on any atom is -0.493 e. The van der Waals surface area contributed by atoms with Crippen LogP contribution in [0, 0.1) is 13.8 Å². The van der Waals surface area contributed by atoms with Crippen LogP contribution in [0.15, 0.2) is 18.2 Å². The smallest absolute Gasteiger partial charge is 0.239 e. The number of unbranched alkanes of at least 4 members (excludes halogenated alkanes) is 1. The summed E-state index contributed by atoms with van der Waals surface area (Å²) < 4.78 is 5.77. The number of nitrogens with one attached hydrogen (secondary N) is 1. The summed E-state index contributed by atoms with van der Waals surface area (Å²) in [6, 6.07) is 6.15. The Bertz CT molecular complexity index is 543. The molecule has 0 aromatic heterocycles. The van der Waals surface area contributed by atoms with E-state index in [1.165, 1.54) is 5.56 Å². The van der Waals surface area contributed by atoms with E-state index in [2.05, 4.69) is 17.4 Å². The zero-order valence-corrected chi connectivity index (χ0v) is 13.4. The lowest BCUT2D eigenvalue weighted by atomic mass is 10.1. The van der Waals surface area contributed by atoms with E-state index >= 15 is 0 Å². The van der Waals surface area contributed by atoms with Crippen molar-refractivity contribution >= 4 is 11.8 Å². The number of amides is 2. The summed E-state index contributed by atoms with van der Waals surface area (Å²) in [6.07, 6.45) is 2.09. The van der Waals surface area contributed by atoms with Gasteiger partial charge in [-0.15, -0.1) is 0 Å². The van der Waals surface area contributed by atoms with Gasteiger partial charge in [0.05, 0.1) is 13.2 Å². The molecular formula is C17H24N2O3. The van der Waals surface area contributed by atoms with Gasteiger partial charge in [0.15, 0.2) is 0 Å². The quantitative estimate of drug-likeness (QED) is 0.816. The second-order valence-corrected chi connectivity index (χ2v) is 5.74. The fourth-order valence-electron chi connectivity index (χ4n) is 2.43. The van der Waals surface area contributed by atoms with Crippen LogP contribution >= 0.6 is 0 Å². The van der Waals surface area contributed by atoms with Crippen molar-refractivity contribution in [3.8, 4) is 5.75 Å². The molecule has 5 nitrogen and oxygen atoms in total. The maximum Gasteiger partial charge on any atom is 0.239 e. The van der Waals surface area contributed by atoms with Crippen molar-refractivity contribution < 1.29 is 14.3 Å². The van der Waals surface area contributed by atoms with Crippen molar-refractivity contribution in [2.75, 3.05) is 26.2 Å². The molecule has 0 saturated carbocycles. The van der Waals surface area contributed by atoms with Gasteiger partial charge in [-0.25, -0.2) is 0 Å². The van der Waals surface area contributed by atoms with Crippen LogP contribution < -0.4 is 10.1 Å². The van der Waals surface area contributed by atoms with E-state index in [1.807, 2.05) is 19.9 Å². The molecule has 1 aromatic carbocycles. The SMILES string of the molecule is Cc1ccc(C)c(OCCCCC(=O)N2CCNC(=O)C2)c1. The molecule has 1 aliphatic heterocycles. The van der Waals surface area contributed by atoms with Crippen LogP contribution in [0.3, 0.4) is 0 Å². The first kappa shape index (κ1) is 16.3. The van der Waals surface area contributed by atoms with E-state index in [0.717, 1.165) is 24.2 Å². The van der Waals surface area contributed by atoms with Crippen molar-refractivity contribution in [1.29, 1.82) is 0 Å². The fraction of sp³-hybridized carbons (Fsp3) is 0.529. The molecule has 5 heteroatoms. The highest BCUT2D eigenvalue weighted by atomic mass is 16.5. The van der Waals surface area contributed by atoms with Crippen LogP contribution in [-0.2, 0) is 9.59 Å². The number of carbonyl (C=O) groups excluding carboxylic acids is 2. The third-order valence-corrected chi connectivity index (χ3v) is 3.78. The lowest BCUT2D eigenvalue weighted by molar-refractivity contribution is -0.138. The molecule has 0 unspecified atom stereocenters. The first-order chi connectivity index (χ1) is 10.6. The van der Waals surface area contributed by atoms with E-state index < -0.39 is 0 Å². The molecule has 2 amide bonds. The molecule has 0 aliphatic carbocycles. The average molecular weight is 304 g/mol. The summed E-state index contributed by atoms with van der Waals surface area (Å²) in [5, 5.41) is 2.72. The molecule has 0 radical (unpaired) electrons. The number of nitrogens with zero attached hydrogens (tertiary/aromatic N) is 1. The molecule has 1 aromatic rings. The number of rotatable bonds is 6. The third-order valence-electron chi connectivity index (χ3n) is 3.78. The first-order valence-electron chi connectivity index (χ1n) is 7.81. The Morgan fingerprint density at radius 1 is 1.32 bits per heavy atom. The zero-order valence-electron chi connectivity index (χ0n) is 13.4. The molecule has 1 fully saturated rings. The van der Waals surface area contributed by atoms with E-state index in [0.29, 0.717) is 26.1 Å². The van der Waals surface area contributed by atoms with Crippen LogP contribution in [0.25, 0.3) is 0 Å². The Morgan fingerprint density at radius 3 is 2.91 bits per heavy atom. The van der Waals surface area contributed by atoms with Crippen LogP contribution in [0.5, 0.6) is 5.75 Å². The highest BCUT2D eigenvalue weighted by Crippen LogP contribution is 2.19. The van der Waals surface area contributed by atoms with Crippen LogP contribution in [0.4, 0.5) is 0 Å². The molecule has 22 heavy (non-hydrogen) atoms. The Balaban J connectivity index is 1.65. The lowest BCUT2D eigenvalue weighted by Gasteiger charge is -2.26. The molecule has 1 N–H and O–H groups in total. The number of hydrogen-bond donors (Lipinski definition) is 1. The lowest BCUT2D eigenvalue weighted by Crippen LogP contribution is -2.49. The number of ether oxygens (including phenoxy) is 1. The summed E-state index contributed by atoms with van der Waals surface area (Å²) in [7, 11) is 0. The highest BCUT2D eigenvalue weighted by Gasteiger charge is 2.20. The maximum absolute atomic E-state index is 12.0. The molecule has 1 heterocycles. The van der Waals surface area contributed by atoms with E-state index in [9.17, 15) is 9.59 Å². The largest absolute Gasteiger partial charge is 0.493 e. The standard InChI is InChI=1S/C17H24N2O3/c1-13-6-7-14(2)15(11-13)22-10-4-3-5-17(21)19-9-8-18-16(20)12-19/h6-7,11H,3-5,8-10,12H2,1-2H3,(H,18,20). The molecular weight excluding hydrogens is 280 g/mol. The normalized spacial score (nSPS) is 14.6. The molecule has 0 bridgehead atoms. The number of piperazine rings is 1. The molecule has 2 rings (SSSR count). The van der Waals surface area contributed by atoms with Gasteiger partial charge in [0.2, 0.25) is 11.8 Å². The maximum atomic E-state index is 12.0. The van der Waals surface area contributed by atoms with Crippen molar-refractivity contribution in [2.45, 2.75) is 33.1 Å². The highest BCUT2D eigenvalue weighted by molar-refractivity contribution is 5.85. The summed E-state index contributed by atoms with van der Waals surface area (Å²) in [4.78, 5) is 24.9. The summed E-state index contributed by atoms with van der Waals surface area (Å²) in [5.41, 5.74) is 2.31. The van der Waals surface area contributed by atoms with E-state index in [1.54, 1.807) is 4.90 Å². The number of aryl methyl sites for hydroxylation is 2. The van der Waals surface area contributed by atoms with Gasteiger partial charge in [-0.1, -0.05) is 12.1 Å². The van der Waals surface area contributed by atoms with Crippen molar-refractivity contribution in [2.24, 2.45) is 0 Å². The predicted octanol–water partition coefficient (Wildman–Crippen LogP) is 1.81. The molecule has 0 spiro atoms. The average Bonchev–Trinajstić information content (AvgIpc) is 2.50. The first-order valence-corrected chi connectivity index (χ1v) is 7.81. The number of benzene rings is 1. The van der Waals surface area contributed by atoms with Crippen LogP contribution in [0.2, 0.25) is 0 Å².